The van der Waals surface area contributed by atoms with E-state index < -0.39 is 52.8 Å². The summed E-state index contributed by atoms with van der Waals surface area (Å²) in [7, 11) is 8.63. The lowest BCUT2D eigenvalue weighted by atomic mass is 9.89. The van der Waals surface area contributed by atoms with Crippen molar-refractivity contribution < 1.29 is 28.8 Å². The van der Waals surface area contributed by atoms with Gasteiger partial charge in [0.05, 0.1) is 0 Å². The fourth-order valence-electron chi connectivity index (χ4n) is 2.33. The molecule has 0 aliphatic carbocycles. The van der Waals surface area contributed by atoms with Crippen molar-refractivity contribution in [1.29, 1.82) is 0 Å². The summed E-state index contributed by atoms with van der Waals surface area (Å²) in [5.74, 6) is -5.54. The van der Waals surface area contributed by atoms with Crippen molar-refractivity contribution in [1.82, 2.24) is 25.8 Å². The second-order valence-corrected chi connectivity index (χ2v) is 10.1. The van der Waals surface area contributed by atoms with E-state index in [1.165, 1.54) is 47.2 Å². The predicted molar refractivity (Wildman–Crippen MR) is 135 cm³/mol. The topological polar surface area (TPSA) is 171 Å². The molecule has 1 saturated heterocycles. The number of hydrogen-bond donors (Lipinski definition) is 4. The van der Waals surface area contributed by atoms with Crippen molar-refractivity contribution >= 4 is 35.4 Å². The minimum Gasteiger partial charge on any atom is -0.358 e. The Morgan fingerprint density at radius 1 is 0.800 bits per heavy atom. The Kier molecular flexibility index (Phi) is 16.5. The van der Waals surface area contributed by atoms with Crippen molar-refractivity contribution in [2.75, 3.05) is 42.3 Å². The van der Waals surface area contributed by atoms with E-state index in [1.807, 2.05) is 0 Å². The van der Waals surface area contributed by atoms with Crippen LogP contribution in [0.1, 0.15) is 48.5 Å². The number of rotatable bonds is 4. The quantitative estimate of drug-likeness (QED) is 0.291. The van der Waals surface area contributed by atoms with Crippen LogP contribution in [0.4, 0.5) is 0 Å². The Bertz CT molecular complexity index is 715. The molecule has 5 N–H and O–H groups in total. The van der Waals surface area contributed by atoms with E-state index in [2.05, 4.69) is 49.4 Å². The Morgan fingerprint density at radius 2 is 1.11 bits per heavy atom. The lowest BCUT2D eigenvalue weighted by Gasteiger charge is -2.43. The van der Waals surface area contributed by atoms with Crippen molar-refractivity contribution in [3.05, 3.63) is 0 Å². The van der Waals surface area contributed by atoms with Crippen LogP contribution in [0.2, 0.25) is 0 Å². The molecule has 0 atom stereocenters. The molecule has 0 aromatic heterocycles. The Hall–Kier alpha value is -3.02. The molecule has 12 heteroatoms. The summed E-state index contributed by atoms with van der Waals surface area (Å²) in [6.45, 7) is 14.0. The van der Waals surface area contributed by atoms with Crippen LogP contribution in [0, 0.1) is 17.3 Å². The summed E-state index contributed by atoms with van der Waals surface area (Å²) in [6, 6.07) is 0. The molecule has 0 aromatic rings. The molecular weight excluding hydrogens is 456 g/mol. The molecule has 6 amide bonds. The average molecular weight is 503 g/mol. The summed E-state index contributed by atoms with van der Waals surface area (Å²) >= 11 is 0. The van der Waals surface area contributed by atoms with Crippen LogP contribution in [0.5, 0.6) is 0 Å². The maximum Gasteiger partial charge on any atom is 0.251 e. The third kappa shape index (κ3) is 12.9. The number of nitrogens with two attached hydrogens (primary N) is 1. The molecular formula is C23H46N6O6. The van der Waals surface area contributed by atoms with E-state index in [0.717, 1.165) is 4.90 Å². The van der Waals surface area contributed by atoms with Gasteiger partial charge in [-0.1, -0.05) is 27.7 Å². The monoisotopic (exact) mass is 502 g/mol. The number of nitrogens with zero attached hydrogens (tertiary/aromatic N) is 2. The standard InChI is InChI=1S/C9H14N2O3.C8H15N3O3.C5H12.CH5N/c1-9(2,3)11-7(13)5(8(11)14)6(12)10-4;1-9-6(12)5(7(13)10-2)8(14)11(3)4;1-5(2,3)4;1-2/h5H,1-4H3,(H,10,12);5H,1-4H3,(H,9,12)(H,10,13);1-4H3;2H2,1H3. The number of carbonyl (C=O) groups excluding carboxylic acids is 6. The van der Waals surface area contributed by atoms with Gasteiger partial charge in [0, 0.05) is 40.8 Å². The van der Waals surface area contributed by atoms with Gasteiger partial charge in [0.25, 0.3) is 11.8 Å². The van der Waals surface area contributed by atoms with Crippen molar-refractivity contribution in [2.45, 2.75) is 54.0 Å². The van der Waals surface area contributed by atoms with E-state index >= 15 is 0 Å². The average Bonchev–Trinajstić information content (AvgIpc) is 2.72. The third-order valence-electron chi connectivity index (χ3n) is 3.82. The van der Waals surface area contributed by atoms with E-state index in [9.17, 15) is 28.8 Å². The SMILES string of the molecule is CC(C)(C)C.CN.CNC(=O)C(C(=O)NC)C(=O)N(C)C.CNC(=O)C1C(=O)N(C(C)(C)C)C1=O. The third-order valence-corrected chi connectivity index (χ3v) is 3.82. The number of carbonyl (C=O) groups is 6. The summed E-state index contributed by atoms with van der Waals surface area (Å²) in [5.41, 5.74) is 4.46. The fraction of sp³-hybridized carbons (Fsp3) is 0.739. The number of likely N-dealkylation sites (tertiary alicyclic amines) is 1. The molecule has 0 radical (unpaired) electrons. The Labute approximate surface area is 209 Å². The summed E-state index contributed by atoms with van der Waals surface area (Å²) < 4.78 is 0. The molecule has 1 aliphatic heterocycles. The Morgan fingerprint density at radius 3 is 1.31 bits per heavy atom. The van der Waals surface area contributed by atoms with Gasteiger partial charge in [0.2, 0.25) is 23.6 Å². The number of amides is 6. The van der Waals surface area contributed by atoms with Crippen LogP contribution < -0.4 is 21.7 Å². The normalized spacial score (nSPS) is 12.9. The van der Waals surface area contributed by atoms with E-state index in [4.69, 9.17) is 0 Å². The lowest BCUT2D eigenvalue weighted by molar-refractivity contribution is -0.174. The molecule has 35 heavy (non-hydrogen) atoms. The van der Waals surface area contributed by atoms with Gasteiger partial charge in [0.15, 0.2) is 11.8 Å². The summed E-state index contributed by atoms with van der Waals surface area (Å²) in [5, 5.41) is 6.83. The highest BCUT2D eigenvalue weighted by Gasteiger charge is 2.54. The van der Waals surface area contributed by atoms with Crippen LogP contribution in [0.3, 0.4) is 0 Å². The van der Waals surface area contributed by atoms with E-state index in [0.29, 0.717) is 5.41 Å². The van der Waals surface area contributed by atoms with E-state index in [1.54, 1.807) is 20.8 Å². The van der Waals surface area contributed by atoms with E-state index in [-0.39, 0.29) is 0 Å². The maximum atomic E-state index is 11.5. The number of imide groups is 1. The lowest BCUT2D eigenvalue weighted by Crippen LogP contribution is -2.67. The van der Waals surface area contributed by atoms with Crippen LogP contribution >= 0.6 is 0 Å². The number of β-lactam (4-membered cyclic amide) rings is 2. The fourth-order valence-corrected chi connectivity index (χ4v) is 2.33. The minimum absolute atomic E-state index is 0.415. The highest BCUT2D eigenvalue weighted by molar-refractivity contribution is 6.29. The Balaban J connectivity index is -0.000000464. The van der Waals surface area contributed by atoms with Gasteiger partial charge in [-0.2, -0.15) is 0 Å². The second-order valence-electron chi connectivity index (χ2n) is 10.1. The van der Waals surface area contributed by atoms with Gasteiger partial charge in [-0.05, 0) is 33.2 Å². The predicted octanol–water partition coefficient (Wildman–Crippen LogP) is -0.674. The molecule has 0 unspecified atom stereocenters. The zero-order valence-corrected chi connectivity index (χ0v) is 23.6. The zero-order chi connectivity index (χ0) is 28.9. The molecule has 1 fully saturated rings. The highest BCUT2D eigenvalue weighted by Crippen LogP contribution is 2.28. The van der Waals surface area contributed by atoms with Gasteiger partial charge >= 0.3 is 0 Å². The van der Waals surface area contributed by atoms with Crippen LogP contribution in [0.25, 0.3) is 0 Å². The first-order chi connectivity index (χ1) is 15.8. The smallest absolute Gasteiger partial charge is 0.251 e. The van der Waals surface area contributed by atoms with Crippen LogP contribution in [-0.2, 0) is 28.8 Å². The van der Waals surface area contributed by atoms with Crippen LogP contribution in [-0.4, -0.2) is 93.1 Å². The molecule has 0 spiro atoms. The molecule has 204 valence electrons. The molecule has 0 aromatic carbocycles. The summed E-state index contributed by atoms with van der Waals surface area (Å²) in [6.07, 6.45) is 0. The first-order valence-corrected chi connectivity index (χ1v) is 11.1. The first-order valence-electron chi connectivity index (χ1n) is 11.1. The molecule has 1 aliphatic rings. The minimum atomic E-state index is -1.31. The van der Waals surface area contributed by atoms with Crippen molar-refractivity contribution in [2.24, 2.45) is 23.0 Å². The second kappa shape index (κ2) is 15.8. The van der Waals surface area contributed by atoms with Gasteiger partial charge in [-0.15, -0.1) is 0 Å². The van der Waals surface area contributed by atoms with Gasteiger partial charge in [-0.3, -0.25) is 33.7 Å². The molecule has 0 saturated carbocycles. The largest absolute Gasteiger partial charge is 0.358 e. The first kappa shape index (κ1) is 36.5. The zero-order valence-electron chi connectivity index (χ0n) is 23.6. The molecule has 1 heterocycles. The van der Waals surface area contributed by atoms with Gasteiger partial charge < -0.3 is 26.6 Å². The maximum absolute atomic E-state index is 11.5. The van der Waals surface area contributed by atoms with Crippen molar-refractivity contribution in [3.63, 3.8) is 0 Å². The van der Waals surface area contributed by atoms with Gasteiger partial charge in [-0.25, -0.2) is 0 Å². The number of nitrogens with one attached hydrogen (secondary N) is 3. The molecule has 1 rings (SSSR count). The van der Waals surface area contributed by atoms with Gasteiger partial charge in [0.1, 0.15) is 0 Å². The highest BCUT2D eigenvalue weighted by atomic mass is 16.2. The van der Waals surface area contributed by atoms with Crippen molar-refractivity contribution in [3.8, 4) is 0 Å². The summed E-state index contributed by atoms with van der Waals surface area (Å²) in [4.78, 5) is 70.3. The van der Waals surface area contributed by atoms with Crippen LogP contribution in [0.15, 0.2) is 0 Å². The molecule has 0 bridgehead atoms. The molecule has 12 nitrogen and oxygen atoms in total. The number of hydrogen-bond acceptors (Lipinski definition) is 7.